The lowest BCUT2D eigenvalue weighted by atomic mass is 9.81. The first-order chi connectivity index (χ1) is 26.1. The SMILES string of the molecule is CC1(C)c2cccc3c2c2c1cc(-c1nc(-c4ccccc4)nc(-c4ccccc4)n1)c1c4ccccc4n(c4cccc5c6ccccc6n3c54)c12. The monoisotopic (exact) mass is 677 g/mol. The molecule has 0 fully saturated rings. The Morgan fingerprint density at radius 2 is 0.925 bits per heavy atom. The Morgan fingerprint density at radius 3 is 1.64 bits per heavy atom. The summed E-state index contributed by atoms with van der Waals surface area (Å²) < 4.78 is 5.05. The van der Waals surface area contributed by atoms with Crippen molar-refractivity contribution < 1.29 is 0 Å². The molecular weight excluding hydrogens is 647 g/mol. The van der Waals surface area contributed by atoms with Crippen LogP contribution in [0.1, 0.15) is 25.0 Å². The zero-order chi connectivity index (χ0) is 35.0. The van der Waals surface area contributed by atoms with Crippen LogP contribution in [0.5, 0.6) is 0 Å². The molecule has 0 amide bonds. The highest BCUT2D eigenvalue weighted by molar-refractivity contribution is 6.28. The molecule has 4 aromatic heterocycles. The molecule has 0 radical (unpaired) electrons. The van der Waals surface area contributed by atoms with Gasteiger partial charge < -0.3 is 8.80 Å². The van der Waals surface area contributed by atoms with Gasteiger partial charge in [-0.3, -0.25) is 0 Å². The Kier molecular flexibility index (Phi) is 5.51. The number of aromatic nitrogens is 5. The maximum Gasteiger partial charge on any atom is 0.164 e. The zero-order valence-electron chi connectivity index (χ0n) is 29.2. The fraction of sp³-hybridized carbons (Fsp3) is 0.0625. The van der Waals surface area contributed by atoms with Crippen LogP contribution in [0.2, 0.25) is 0 Å². The lowest BCUT2D eigenvalue weighted by Crippen LogP contribution is -2.15. The molecule has 0 spiro atoms. The molecule has 5 heteroatoms. The van der Waals surface area contributed by atoms with Crippen LogP contribution >= 0.6 is 0 Å². The van der Waals surface area contributed by atoms with E-state index in [-0.39, 0.29) is 5.41 Å². The van der Waals surface area contributed by atoms with E-state index >= 15 is 0 Å². The van der Waals surface area contributed by atoms with Gasteiger partial charge >= 0.3 is 0 Å². The highest BCUT2D eigenvalue weighted by atomic mass is 15.0. The van der Waals surface area contributed by atoms with E-state index in [9.17, 15) is 0 Å². The van der Waals surface area contributed by atoms with E-state index in [1.54, 1.807) is 0 Å². The van der Waals surface area contributed by atoms with E-state index in [2.05, 4.69) is 138 Å². The average Bonchev–Trinajstić information content (AvgIpc) is 3.81. The van der Waals surface area contributed by atoms with Crippen LogP contribution < -0.4 is 0 Å². The molecule has 53 heavy (non-hydrogen) atoms. The summed E-state index contributed by atoms with van der Waals surface area (Å²) in [7, 11) is 0. The van der Waals surface area contributed by atoms with Gasteiger partial charge in [0.05, 0.1) is 33.1 Å². The van der Waals surface area contributed by atoms with Crippen molar-refractivity contribution in [3.8, 4) is 34.2 Å². The van der Waals surface area contributed by atoms with E-state index in [1.807, 2.05) is 36.4 Å². The van der Waals surface area contributed by atoms with Crippen molar-refractivity contribution in [2.45, 2.75) is 19.3 Å². The van der Waals surface area contributed by atoms with Crippen molar-refractivity contribution in [2.75, 3.05) is 0 Å². The third kappa shape index (κ3) is 3.68. The minimum absolute atomic E-state index is 0.291. The number of rotatable bonds is 3. The molecular formula is C48H31N5. The van der Waals surface area contributed by atoms with Crippen molar-refractivity contribution in [3.05, 3.63) is 163 Å². The first kappa shape index (κ1) is 28.8. The van der Waals surface area contributed by atoms with E-state index in [0.717, 1.165) is 33.1 Å². The van der Waals surface area contributed by atoms with Gasteiger partial charge in [-0.25, -0.2) is 15.0 Å². The molecule has 0 N–H and O–H groups in total. The molecule has 5 nitrogen and oxygen atoms in total. The van der Waals surface area contributed by atoms with Gasteiger partial charge in [-0.05, 0) is 41.5 Å². The normalized spacial score (nSPS) is 13.6. The lowest BCUT2D eigenvalue weighted by molar-refractivity contribution is 0.663. The van der Waals surface area contributed by atoms with Gasteiger partial charge in [0.25, 0.3) is 0 Å². The molecule has 12 rings (SSSR count). The predicted octanol–water partition coefficient (Wildman–Crippen LogP) is 11.8. The van der Waals surface area contributed by atoms with E-state index < -0.39 is 0 Å². The first-order valence-electron chi connectivity index (χ1n) is 18.2. The molecule has 0 atom stereocenters. The summed E-state index contributed by atoms with van der Waals surface area (Å²) in [6.07, 6.45) is 0. The van der Waals surface area contributed by atoms with Crippen LogP contribution in [0.25, 0.3) is 99.6 Å². The summed E-state index contributed by atoms with van der Waals surface area (Å²) in [6.45, 7) is 4.74. The van der Waals surface area contributed by atoms with Crippen molar-refractivity contribution in [1.29, 1.82) is 0 Å². The summed E-state index contributed by atoms with van der Waals surface area (Å²) in [6, 6.07) is 54.3. The second kappa shape index (κ2) is 10.1. The minimum Gasteiger partial charge on any atom is -0.307 e. The number of nitrogens with zero attached hydrogens (tertiary/aromatic N) is 5. The molecule has 0 bridgehead atoms. The van der Waals surface area contributed by atoms with Gasteiger partial charge in [0.1, 0.15) is 0 Å². The summed E-state index contributed by atoms with van der Waals surface area (Å²) in [5, 5.41) is 7.42. The summed E-state index contributed by atoms with van der Waals surface area (Å²) in [5.41, 5.74) is 12.4. The van der Waals surface area contributed by atoms with Gasteiger partial charge in [-0.1, -0.05) is 135 Å². The largest absolute Gasteiger partial charge is 0.307 e. The number of para-hydroxylation sites is 3. The number of benzene rings is 7. The molecule has 1 aliphatic rings. The van der Waals surface area contributed by atoms with Crippen molar-refractivity contribution in [3.63, 3.8) is 0 Å². The molecule has 1 aliphatic carbocycles. The second-order valence-electron chi connectivity index (χ2n) is 14.8. The van der Waals surface area contributed by atoms with E-state index in [0.29, 0.717) is 17.5 Å². The molecule has 4 heterocycles. The summed E-state index contributed by atoms with van der Waals surface area (Å²) >= 11 is 0. The molecule has 0 saturated heterocycles. The van der Waals surface area contributed by atoms with Gasteiger partial charge in [0, 0.05) is 54.4 Å². The smallest absolute Gasteiger partial charge is 0.164 e. The fourth-order valence-electron chi connectivity index (χ4n) is 9.35. The quantitative estimate of drug-likeness (QED) is 0.187. The molecule has 0 saturated carbocycles. The van der Waals surface area contributed by atoms with Crippen LogP contribution in [0.3, 0.4) is 0 Å². The van der Waals surface area contributed by atoms with Crippen LogP contribution in [0, 0.1) is 0 Å². The van der Waals surface area contributed by atoms with E-state index in [4.69, 9.17) is 15.0 Å². The average molecular weight is 678 g/mol. The van der Waals surface area contributed by atoms with Crippen LogP contribution in [-0.2, 0) is 5.41 Å². The van der Waals surface area contributed by atoms with Gasteiger partial charge in [-0.15, -0.1) is 0 Å². The molecule has 248 valence electrons. The predicted molar refractivity (Wildman–Crippen MR) is 218 cm³/mol. The maximum atomic E-state index is 5.31. The van der Waals surface area contributed by atoms with Crippen molar-refractivity contribution in [1.82, 2.24) is 23.8 Å². The standard InChI is InChI=1S/C48H31N5/c1-48(2)34-22-14-25-38-41(34)42-35(48)27-33(47-50-45(28-15-5-3-6-16-28)49-46(51-47)29-17-7-4-8-18-29)40-32-20-10-12-24-37(32)53(44(40)42)39-26-13-21-31-30-19-9-11-23-36(30)52(38)43(31)39/h3-27H,1-2H3. The van der Waals surface area contributed by atoms with Gasteiger partial charge in [0.2, 0.25) is 0 Å². The Labute approximate surface area is 304 Å². The van der Waals surface area contributed by atoms with E-state index in [1.165, 1.54) is 60.1 Å². The summed E-state index contributed by atoms with van der Waals surface area (Å²) in [5.74, 6) is 1.99. The number of hydrogen-bond donors (Lipinski definition) is 0. The maximum absolute atomic E-state index is 5.31. The zero-order valence-corrected chi connectivity index (χ0v) is 29.2. The Bertz CT molecular complexity index is 3300. The van der Waals surface area contributed by atoms with Crippen molar-refractivity contribution >= 4 is 65.4 Å². The second-order valence-corrected chi connectivity index (χ2v) is 14.8. The molecule has 0 aliphatic heterocycles. The highest BCUT2D eigenvalue weighted by Crippen LogP contribution is 2.53. The van der Waals surface area contributed by atoms with Crippen LogP contribution in [0.15, 0.2) is 152 Å². The summed E-state index contributed by atoms with van der Waals surface area (Å²) in [4.78, 5) is 15.7. The number of fused-ring (bicyclic) bond motifs is 8. The Balaban J connectivity index is 1.36. The fourth-order valence-corrected chi connectivity index (χ4v) is 9.35. The third-order valence-corrected chi connectivity index (χ3v) is 11.7. The minimum atomic E-state index is -0.291. The lowest BCUT2D eigenvalue weighted by Gasteiger charge is -2.23. The van der Waals surface area contributed by atoms with Crippen LogP contribution in [-0.4, -0.2) is 23.8 Å². The third-order valence-electron chi connectivity index (χ3n) is 11.7. The molecule has 11 aromatic rings. The topological polar surface area (TPSA) is 47.5 Å². The molecule has 0 unspecified atom stereocenters. The Hall–Kier alpha value is -6.85. The van der Waals surface area contributed by atoms with Gasteiger partial charge in [-0.2, -0.15) is 0 Å². The molecule has 7 aromatic carbocycles. The highest BCUT2D eigenvalue weighted by Gasteiger charge is 2.37. The van der Waals surface area contributed by atoms with Gasteiger partial charge in [0.15, 0.2) is 17.5 Å². The number of hydrogen-bond acceptors (Lipinski definition) is 3. The first-order valence-corrected chi connectivity index (χ1v) is 18.2. The van der Waals surface area contributed by atoms with Crippen LogP contribution in [0.4, 0.5) is 0 Å². The van der Waals surface area contributed by atoms with Crippen molar-refractivity contribution in [2.24, 2.45) is 0 Å². The Morgan fingerprint density at radius 1 is 0.396 bits per heavy atom.